The van der Waals surface area contributed by atoms with E-state index in [1.807, 2.05) is 6.92 Å². The molecule has 23 heavy (non-hydrogen) atoms. The van der Waals surface area contributed by atoms with Crippen LogP contribution in [0.2, 0.25) is 0 Å². The van der Waals surface area contributed by atoms with E-state index < -0.39 is 0 Å². The van der Waals surface area contributed by atoms with Gasteiger partial charge < -0.3 is 10.1 Å². The van der Waals surface area contributed by atoms with Crippen molar-refractivity contribution in [2.75, 3.05) is 32.8 Å². The Morgan fingerprint density at radius 2 is 2.43 bits per heavy atom. The molecule has 1 aliphatic carbocycles. The van der Waals surface area contributed by atoms with E-state index in [4.69, 9.17) is 4.74 Å². The zero-order valence-electron chi connectivity index (χ0n) is 13.7. The summed E-state index contributed by atoms with van der Waals surface area (Å²) in [5.41, 5.74) is 1.21. The van der Waals surface area contributed by atoms with Crippen molar-refractivity contribution in [3.05, 3.63) is 16.1 Å². The van der Waals surface area contributed by atoms with Crippen molar-refractivity contribution in [3.8, 4) is 0 Å². The van der Waals surface area contributed by atoms with Crippen molar-refractivity contribution in [2.24, 2.45) is 17.3 Å². The number of thiazole rings is 1. The van der Waals surface area contributed by atoms with Crippen LogP contribution >= 0.6 is 11.3 Å². The largest absolute Gasteiger partial charge is 0.380 e. The SMILES string of the molecule is Cc1csc(CN2C[C@@H]3COC[C@]3(CNC(=O)CC3CC3)C2)n1. The van der Waals surface area contributed by atoms with E-state index in [-0.39, 0.29) is 11.3 Å². The van der Waals surface area contributed by atoms with E-state index in [9.17, 15) is 4.79 Å². The van der Waals surface area contributed by atoms with Crippen LogP contribution in [0.1, 0.15) is 30.0 Å². The number of likely N-dealkylation sites (tertiary alicyclic amines) is 1. The van der Waals surface area contributed by atoms with Gasteiger partial charge in [-0.2, -0.15) is 0 Å². The molecule has 3 heterocycles. The van der Waals surface area contributed by atoms with E-state index in [0.29, 0.717) is 18.3 Å². The van der Waals surface area contributed by atoms with Gasteiger partial charge in [-0.1, -0.05) is 0 Å². The third-order valence-electron chi connectivity index (χ3n) is 5.43. The van der Waals surface area contributed by atoms with Gasteiger partial charge in [-0.3, -0.25) is 9.69 Å². The molecule has 6 heteroatoms. The minimum absolute atomic E-state index is 0.103. The van der Waals surface area contributed by atoms with E-state index in [0.717, 1.165) is 45.1 Å². The van der Waals surface area contributed by atoms with Gasteiger partial charge in [0.15, 0.2) is 0 Å². The molecule has 2 saturated heterocycles. The summed E-state index contributed by atoms with van der Waals surface area (Å²) in [4.78, 5) is 19.1. The van der Waals surface area contributed by atoms with E-state index >= 15 is 0 Å². The average Bonchev–Trinajstić information content (AvgIpc) is 2.94. The lowest BCUT2D eigenvalue weighted by molar-refractivity contribution is -0.122. The summed E-state index contributed by atoms with van der Waals surface area (Å²) in [6.07, 6.45) is 3.17. The number of nitrogens with zero attached hydrogens (tertiary/aromatic N) is 2. The second-order valence-electron chi connectivity index (χ2n) is 7.55. The molecule has 126 valence electrons. The predicted molar refractivity (Wildman–Crippen MR) is 89.2 cm³/mol. The fraction of sp³-hybridized carbons (Fsp3) is 0.765. The first kappa shape index (κ1) is 15.5. The molecule has 3 aliphatic rings. The molecule has 5 nitrogen and oxygen atoms in total. The number of hydrogen-bond donors (Lipinski definition) is 1. The molecule has 1 N–H and O–H groups in total. The Labute approximate surface area is 141 Å². The van der Waals surface area contributed by atoms with Crippen LogP contribution in [0.3, 0.4) is 0 Å². The van der Waals surface area contributed by atoms with Crippen molar-refractivity contribution in [3.63, 3.8) is 0 Å². The first-order chi connectivity index (χ1) is 11.1. The van der Waals surface area contributed by atoms with Crippen LogP contribution in [0.4, 0.5) is 0 Å². The molecular weight excluding hydrogens is 310 g/mol. The Balaban J connectivity index is 1.35. The predicted octanol–water partition coefficient (Wildman–Crippen LogP) is 1.82. The third kappa shape index (κ3) is 3.44. The van der Waals surface area contributed by atoms with Crippen LogP contribution in [0, 0.1) is 24.2 Å². The van der Waals surface area contributed by atoms with Gasteiger partial charge in [0.1, 0.15) is 5.01 Å². The quantitative estimate of drug-likeness (QED) is 0.861. The number of aromatic nitrogens is 1. The average molecular weight is 335 g/mol. The van der Waals surface area contributed by atoms with Crippen molar-refractivity contribution in [1.29, 1.82) is 0 Å². The maximum Gasteiger partial charge on any atom is 0.220 e. The summed E-state index contributed by atoms with van der Waals surface area (Å²) in [7, 11) is 0. The number of carbonyl (C=O) groups excluding carboxylic acids is 1. The van der Waals surface area contributed by atoms with E-state index in [1.165, 1.54) is 17.8 Å². The molecule has 0 bridgehead atoms. The first-order valence-electron chi connectivity index (χ1n) is 8.61. The second-order valence-corrected chi connectivity index (χ2v) is 8.49. The molecule has 0 unspecified atom stereocenters. The molecule has 4 rings (SSSR count). The monoisotopic (exact) mass is 335 g/mol. The number of hydrogen-bond acceptors (Lipinski definition) is 5. The Kier molecular flexibility index (Phi) is 4.15. The van der Waals surface area contributed by atoms with Crippen molar-refractivity contribution in [2.45, 2.75) is 32.7 Å². The summed E-state index contributed by atoms with van der Waals surface area (Å²) >= 11 is 1.74. The van der Waals surface area contributed by atoms with Gasteiger partial charge in [0.25, 0.3) is 0 Å². The molecule has 0 aromatic carbocycles. The van der Waals surface area contributed by atoms with Gasteiger partial charge in [-0.15, -0.1) is 11.3 Å². The number of amides is 1. The molecule has 2 aliphatic heterocycles. The van der Waals surface area contributed by atoms with Crippen molar-refractivity contribution in [1.82, 2.24) is 15.2 Å². The number of ether oxygens (including phenoxy) is 1. The lowest BCUT2D eigenvalue weighted by atomic mass is 9.81. The minimum Gasteiger partial charge on any atom is -0.380 e. The lowest BCUT2D eigenvalue weighted by Gasteiger charge is -2.27. The highest BCUT2D eigenvalue weighted by Crippen LogP contribution is 2.41. The third-order valence-corrected chi connectivity index (χ3v) is 6.38. The molecule has 1 amide bonds. The number of rotatable bonds is 6. The molecular formula is C17H25N3O2S. The van der Waals surface area contributed by atoms with Crippen LogP contribution in [0.5, 0.6) is 0 Å². The Morgan fingerprint density at radius 1 is 1.57 bits per heavy atom. The molecule has 1 saturated carbocycles. The first-order valence-corrected chi connectivity index (χ1v) is 9.49. The van der Waals surface area contributed by atoms with Crippen LogP contribution in [0.25, 0.3) is 0 Å². The fourth-order valence-electron chi connectivity index (χ4n) is 3.91. The normalized spacial score (nSPS) is 30.6. The molecule has 3 fully saturated rings. The lowest BCUT2D eigenvalue weighted by Crippen LogP contribution is -2.43. The standard InChI is InChI=1S/C17H25N3O2S/c1-12-8-23-16(19-12)6-20-5-14-7-22-11-17(14,10-20)9-18-15(21)4-13-2-3-13/h8,13-14H,2-7,9-11H2,1H3,(H,18,21)/t14-,17+/m1/s1. The molecule has 1 aromatic rings. The highest BCUT2D eigenvalue weighted by molar-refractivity contribution is 7.09. The zero-order chi connectivity index (χ0) is 15.9. The highest BCUT2D eigenvalue weighted by Gasteiger charge is 2.50. The van der Waals surface area contributed by atoms with Gasteiger partial charge in [-0.25, -0.2) is 4.98 Å². The molecule has 1 aromatic heterocycles. The fourth-order valence-corrected chi connectivity index (χ4v) is 4.72. The summed E-state index contributed by atoms with van der Waals surface area (Å²) in [5, 5.41) is 6.49. The number of nitrogens with one attached hydrogen (secondary N) is 1. The Morgan fingerprint density at radius 3 is 3.17 bits per heavy atom. The molecule has 0 radical (unpaired) electrons. The Bertz CT molecular complexity index is 586. The smallest absolute Gasteiger partial charge is 0.220 e. The van der Waals surface area contributed by atoms with Gasteiger partial charge in [0.2, 0.25) is 5.91 Å². The van der Waals surface area contributed by atoms with Crippen LogP contribution in [-0.4, -0.2) is 48.6 Å². The number of carbonyl (C=O) groups is 1. The maximum absolute atomic E-state index is 12.0. The van der Waals surface area contributed by atoms with Gasteiger partial charge >= 0.3 is 0 Å². The van der Waals surface area contributed by atoms with E-state index in [1.54, 1.807) is 11.3 Å². The van der Waals surface area contributed by atoms with Crippen molar-refractivity contribution >= 4 is 17.2 Å². The van der Waals surface area contributed by atoms with Crippen LogP contribution in [-0.2, 0) is 16.1 Å². The van der Waals surface area contributed by atoms with E-state index in [2.05, 4.69) is 20.6 Å². The Hall–Kier alpha value is -0.980. The minimum atomic E-state index is 0.103. The van der Waals surface area contributed by atoms with Gasteiger partial charge in [0.05, 0.1) is 19.8 Å². The number of fused-ring (bicyclic) bond motifs is 1. The maximum atomic E-state index is 12.0. The molecule has 0 spiro atoms. The second kappa shape index (κ2) is 6.15. The highest BCUT2D eigenvalue weighted by atomic mass is 32.1. The summed E-state index contributed by atoms with van der Waals surface area (Å²) in [5.74, 6) is 1.41. The van der Waals surface area contributed by atoms with Gasteiger partial charge in [0, 0.05) is 48.5 Å². The summed E-state index contributed by atoms with van der Waals surface area (Å²) < 4.78 is 5.75. The van der Waals surface area contributed by atoms with Crippen LogP contribution in [0.15, 0.2) is 5.38 Å². The van der Waals surface area contributed by atoms with Crippen molar-refractivity contribution < 1.29 is 9.53 Å². The van der Waals surface area contributed by atoms with Gasteiger partial charge in [-0.05, 0) is 25.7 Å². The zero-order valence-corrected chi connectivity index (χ0v) is 14.5. The number of aryl methyl sites for hydroxylation is 1. The molecule has 2 atom stereocenters. The van der Waals surface area contributed by atoms with Crippen LogP contribution < -0.4 is 5.32 Å². The summed E-state index contributed by atoms with van der Waals surface area (Å²) in [6.45, 7) is 7.38. The topological polar surface area (TPSA) is 54.5 Å². The summed E-state index contributed by atoms with van der Waals surface area (Å²) in [6, 6.07) is 0.